The van der Waals surface area contributed by atoms with Gasteiger partial charge in [-0.05, 0) is 35.9 Å². The first kappa shape index (κ1) is 21.8. The summed E-state index contributed by atoms with van der Waals surface area (Å²) in [5, 5.41) is 7.68. The van der Waals surface area contributed by atoms with E-state index in [0.717, 1.165) is 0 Å². The minimum Gasteiger partial charge on any atom is -0.495 e. The number of amides is 1. The number of methoxy groups -OCH3 is 1. The van der Waals surface area contributed by atoms with Gasteiger partial charge < -0.3 is 10.1 Å². The van der Waals surface area contributed by atoms with Crippen LogP contribution in [0.25, 0.3) is 0 Å². The van der Waals surface area contributed by atoms with Gasteiger partial charge in [-0.25, -0.2) is 26.7 Å². The first-order chi connectivity index (χ1) is 13.1. The van der Waals surface area contributed by atoms with Crippen molar-refractivity contribution in [3.63, 3.8) is 0 Å². The molecular formula is C17H21N3O6S2. The van der Waals surface area contributed by atoms with Gasteiger partial charge in [-0.1, -0.05) is 19.1 Å². The number of sulfonamides is 2. The maximum atomic E-state index is 12.4. The highest BCUT2D eigenvalue weighted by atomic mass is 32.2. The lowest BCUT2D eigenvalue weighted by atomic mass is 10.2. The predicted molar refractivity (Wildman–Crippen MR) is 103 cm³/mol. The second-order valence-electron chi connectivity index (χ2n) is 5.74. The summed E-state index contributed by atoms with van der Waals surface area (Å²) >= 11 is 0. The van der Waals surface area contributed by atoms with E-state index < -0.39 is 26.0 Å². The van der Waals surface area contributed by atoms with Gasteiger partial charge in [0, 0.05) is 18.7 Å². The number of carbonyl (C=O) groups excluding carboxylic acids is 1. The molecule has 0 unspecified atom stereocenters. The Hall–Kier alpha value is -2.47. The van der Waals surface area contributed by atoms with Crippen LogP contribution in [0.4, 0.5) is 0 Å². The van der Waals surface area contributed by atoms with Crippen LogP contribution in [0.5, 0.6) is 5.75 Å². The van der Waals surface area contributed by atoms with Crippen LogP contribution in [0.1, 0.15) is 22.8 Å². The van der Waals surface area contributed by atoms with Crippen molar-refractivity contribution in [3.8, 4) is 5.75 Å². The molecule has 152 valence electrons. The number of hydrogen-bond acceptors (Lipinski definition) is 6. The molecule has 0 fully saturated rings. The monoisotopic (exact) mass is 427 g/mol. The van der Waals surface area contributed by atoms with Crippen LogP contribution in [0.3, 0.4) is 0 Å². The Bertz CT molecular complexity index is 1060. The molecule has 1 amide bonds. The van der Waals surface area contributed by atoms with E-state index in [1.54, 1.807) is 6.92 Å². The Morgan fingerprint density at radius 1 is 1.07 bits per heavy atom. The molecule has 28 heavy (non-hydrogen) atoms. The third-order valence-corrected chi connectivity index (χ3v) is 6.25. The molecule has 0 heterocycles. The molecule has 2 aromatic rings. The van der Waals surface area contributed by atoms with Crippen LogP contribution in [0.15, 0.2) is 52.3 Å². The molecule has 0 aliphatic heterocycles. The van der Waals surface area contributed by atoms with Crippen molar-refractivity contribution in [3.05, 3.63) is 53.6 Å². The van der Waals surface area contributed by atoms with E-state index >= 15 is 0 Å². The van der Waals surface area contributed by atoms with E-state index in [1.807, 2.05) is 0 Å². The molecule has 11 heteroatoms. The van der Waals surface area contributed by atoms with Crippen LogP contribution in [0.2, 0.25) is 0 Å². The molecule has 0 atom stereocenters. The summed E-state index contributed by atoms with van der Waals surface area (Å²) in [6.07, 6.45) is 0. The van der Waals surface area contributed by atoms with Gasteiger partial charge in [-0.2, -0.15) is 0 Å². The van der Waals surface area contributed by atoms with Crippen molar-refractivity contribution in [1.82, 2.24) is 10.0 Å². The van der Waals surface area contributed by atoms with Gasteiger partial charge >= 0.3 is 0 Å². The topological polar surface area (TPSA) is 145 Å². The fourth-order valence-electron chi connectivity index (χ4n) is 2.38. The Morgan fingerprint density at radius 2 is 1.71 bits per heavy atom. The molecule has 2 aromatic carbocycles. The predicted octanol–water partition coefficient (Wildman–Crippen LogP) is 0.571. The number of primary sulfonamides is 1. The van der Waals surface area contributed by atoms with Crippen molar-refractivity contribution in [2.24, 2.45) is 5.14 Å². The second kappa shape index (κ2) is 8.69. The first-order valence-electron chi connectivity index (χ1n) is 8.16. The fraction of sp³-hybridized carbons (Fsp3) is 0.235. The molecule has 0 bridgehead atoms. The summed E-state index contributed by atoms with van der Waals surface area (Å²) in [6, 6.07) is 9.81. The largest absolute Gasteiger partial charge is 0.495 e. The molecule has 0 saturated heterocycles. The van der Waals surface area contributed by atoms with Gasteiger partial charge in [0.1, 0.15) is 10.6 Å². The lowest BCUT2D eigenvalue weighted by Gasteiger charge is -2.12. The number of carbonyl (C=O) groups is 1. The third kappa shape index (κ3) is 5.29. The smallest absolute Gasteiger partial charge is 0.251 e. The SMILES string of the molecule is CCNS(=O)(=O)c1cc(C(=O)NCc2ccc(S(N)(=O)=O)cc2)ccc1OC. The second-order valence-corrected chi connectivity index (χ2v) is 9.04. The highest BCUT2D eigenvalue weighted by Crippen LogP contribution is 2.24. The maximum Gasteiger partial charge on any atom is 0.251 e. The Balaban J connectivity index is 2.18. The minimum absolute atomic E-state index is 0.0315. The van der Waals surface area contributed by atoms with Crippen molar-refractivity contribution in [1.29, 1.82) is 0 Å². The molecule has 0 aliphatic carbocycles. The molecule has 0 saturated carbocycles. The number of hydrogen-bond donors (Lipinski definition) is 3. The van der Waals surface area contributed by atoms with Crippen LogP contribution < -0.4 is 19.9 Å². The summed E-state index contributed by atoms with van der Waals surface area (Å²) in [5.74, 6) is -0.373. The lowest BCUT2D eigenvalue weighted by molar-refractivity contribution is 0.0950. The van der Waals surface area contributed by atoms with Gasteiger partial charge in [0.25, 0.3) is 5.91 Å². The highest BCUT2D eigenvalue weighted by Gasteiger charge is 2.21. The molecule has 9 nitrogen and oxygen atoms in total. The zero-order chi connectivity index (χ0) is 20.9. The molecule has 2 rings (SSSR count). The zero-order valence-corrected chi connectivity index (χ0v) is 16.9. The van der Waals surface area contributed by atoms with Crippen molar-refractivity contribution in [2.45, 2.75) is 23.3 Å². The van der Waals surface area contributed by atoms with Crippen LogP contribution in [0, 0.1) is 0 Å². The van der Waals surface area contributed by atoms with Gasteiger partial charge in [0.2, 0.25) is 20.0 Å². The molecule has 0 radical (unpaired) electrons. The molecule has 0 aromatic heterocycles. The average Bonchev–Trinajstić information content (AvgIpc) is 2.65. The Morgan fingerprint density at radius 3 is 2.25 bits per heavy atom. The maximum absolute atomic E-state index is 12.4. The standard InChI is InChI=1S/C17H21N3O6S2/c1-3-20-28(24,25)16-10-13(6-9-15(16)26-2)17(21)19-11-12-4-7-14(8-5-12)27(18,22)23/h4-10,20H,3,11H2,1-2H3,(H,19,21)(H2,18,22,23). The molecule has 0 aliphatic rings. The Kier molecular flexibility index (Phi) is 6.77. The van der Waals surface area contributed by atoms with E-state index in [0.29, 0.717) is 5.56 Å². The fourth-order valence-corrected chi connectivity index (χ4v) is 4.13. The van der Waals surface area contributed by atoms with Gasteiger partial charge in [0.05, 0.1) is 12.0 Å². The summed E-state index contributed by atoms with van der Waals surface area (Å²) in [7, 11) is -6.27. The van der Waals surface area contributed by atoms with Crippen molar-refractivity contribution in [2.75, 3.05) is 13.7 Å². The summed E-state index contributed by atoms with van der Waals surface area (Å²) in [6.45, 7) is 1.95. The third-order valence-electron chi connectivity index (χ3n) is 3.75. The Labute approximate surface area is 164 Å². The van der Waals surface area contributed by atoms with E-state index in [2.05, 4.69) is 10.0 Å². The number of benzene rings is 2. The minimum atomic E-state index is -3.82. The van der Waals surface area contributed by atoms with E-state index in [1.165, 1.54) is 49.6 Å². The molecular weight excluding hydrogens is 406 g/mol. The van der Waals surface area contributed by atoms with Crippen LogP contribution in [-0.2, 0) is 26.6 Å². The number of nitrogens with two attached hydrogens (primary N) is 1. The highest BCUT2D eigenvalue weighted by molar-refractivity contribution is 7.89. The summed E-state index contributed by atoms with van der Waals surface area (Å²) in [4.78, 5) is 12.2. The zero-order valence-electron chi connectivity index (χ0n) is 15.3. The van der Waals surface area contributed by atoms with E-state index in [-0.39, 0.29) is 34.2 Å². The van der Waals surface area contributed by atoms with Crippen molar-refractivity contribution < 1.29 is 26.4 Å². The van der Waals surface area contributed by atoms with E-state index in [4.69, 9.17) is 9.88 Å². The van der Waals surface area contributed by atoms with Gasteiger partial charge in [-0.15, -0.1) is 0 Å². The van der Waals surface area contributed by atoms with Crippen molar-refractivity contribution >= 4 is 26.0 Å². The van der Waals surface area contributed by atoms with E-state index in [9.17, 15) is 21.6 Å². The van der Waals surface area contributed by atoms with Gasteiger partial charge in [-0.3, -0.25) is 4.79 Å². The van der Waals surface area contributed by atoms with Gasteiger partial charge in [0.15, 0.2) is 0 Å². The quantitative estimate of drug-likeness (QED) is 0.562. The molecule has 4 N–H and O–H groups in total. The first-order valence-corrected chi connectivity index (χ1v) is 11.2. The average molecular weight is 428 g/mol. The summed E-state index contributed by atoms with van der Waals surface area (Å²) in [5.41, 5.74) is 0.785. The number of ether oxygens (including phenoxy) is 1. The molecule has 0 spiro atoms. The normalized spacial score (nSPS) is 11.8. The van der Waals surface area contributed by atoms with Crippen LogP contribution in [-0.4, -0.2) is 36.4 Å². The lowest BCUT2D eigenvalue weighted by Crippen LogP contribution is -2.26. The number of nitrogens with one attached hydrogen (secondary N) is 2. The summed E-state index contributed by atoms with van der Waals surface area (Å²) < 4.78 is 54.5. The van der Waals surface area contributed by atoms with Crippen LogP contribution >= 0.6 is 0 Å². The number of rotatable bonds is 8.